The molecule has 1 N–H and O–H groups in total. The molecule has 1 aromatic rings. The van der Waals surface area contributed by atoms with Gasteiger partial charge in [-0.15, -0.1) is 0 Å². The summed E-state index contributed by atoms with van der Waals surface area (Å²) in [5.41, 5.74) is 2.19. The Labute approximate surface area is 121 Å². The zero-order chi connectivity index (χ0) is 14.6. The number of benzene rings is 1. The summed E-state index contributed by atoms with van der Waals surface area (Å²) in [6.07, 6.45) is 0. The minimum atomic E-state index is -3.12. The lowest BCUT2D eigenvalue weighted by Crippen LogP contribution is -2.44. The predicted octanol–water partition coefficient (Wildman–Crippen LogP) is 0.878. The van der Waals surface area contributed by atoms with E-state index in [4.69, 9.17) is 0 Å². The number of hydrogen-bond acceptors (Lipinski definition) is 4. The maximum atomic E-state index is 11.4. The van der Waals surface area contributed by atoms with E-state index >= 15 is 0 Å². The Morgan fingerprint density at radius 2 is 1.70 bits per heavy atom. The van der Waals surface area contributed by atoms with E-state index in [2.05, 4.69) is 33.7 Å². The molecule has 1 aromatic carbocycles. The highest BCUT2D eigenvalue weighted by Crippen LogP contribution is 2.17. The van der Waals surface area contributed by atoms with E-state index in [-0.39, 0.29) is 5.75 Å². The van der Waals surface area contributed by atoms with E-state index < -0.39 is 10.0 Å². The second kappa shape index (κ2) is 6.56. The van der Waals surface area contributed by atoms with Crippen molar-refractivity contribution in [2.45, 2.75) is 13.5 Å². The van der Waals surface area contributed by atoms with Gasteiger partial charge in [0.2, 0.25) is 10.0 Å². The maximum Gasteiger partial charge on any atom is 0.211 e. The maximum absolute atomic E-state index is 11.4. The molecule has 5 nitrogen and oxygen atoms in total. The summed E-state index contributed by atoms with van der Waals surface area (Å²) in [6, 6.07) is 8.12. The van der Waals surface area contributed by atoms with Crippen LogP contribution >= 0.6 is 0 Å². The van der Waals surface area contributed by atoms with E-state index in [9.17, 15) is 8.42 Å². The van der Waals surface area contributed by atoms with E-state index in [0.29, 0.717) is 6.54 Å². The van der Waals surface area contributed by atoms with Crippen LogP contribution in [-0.2, 0) is 16.6 Å². The van der Waals surface area contributed by atoms with Crippen molar-refractivity contribution in [2.24, 2.45) is 0 Å². The summed E-state index contributed by atoms with van der Waals surface area (Å²) in [5.74, 6) is 0.117. The monoisotopic (exact) mass is 297 g/mol. The SMILES string of the molecule is CCS(=O)(=O)NCc1ccc(N2CCN(C)CC2)cc1. The first-order valence-electron chi connectivity index (χ1n) is 7.00. The molecular formula is C14H23N3O2S. The van der Waals surface area contributed by atoms with Crippen molar-refractivity contribution in [3.63, 3.8) is 0 Å². The van der Waals surface area contributed by atoms with E-state index in [1.807, 2.05) is 12.1 Å². The minimum absolute atomic E-state index is 0.117. The van der Waals surface area contributed by atoms with Crippen molar-refractivity contribution in [1.82, 2.24) is 9.62 Å². The highest BCUT2D eigenvalue weighted by Gasteiger charge is 2.14. The van der Waals surface area contributed by atoms with Crippen molar-refractivity contribution in [3.8, 4) is 0 Å². The van der Waals surface area contributed by atoms with Crippen molar-refractivity contribution >= 4 is 15.7 Å². The van der Waals surface area contributed by atoms with E-state index in [0.717, 1.165) is 31.7 Å². The normalized spacial score (nSPS) is 17.4. The largest absolute Gasteiger partial charge is 0.369 e. The molecule has 0 saturated carbocycles. The summed E-state index contributed by atoms with van der Waals surface area (Å²) in [6.45, 7) is 6.24. The van der Waals surface area contributed by atoms with Gasteiger partial charge in [-0.1, -0.05) is 12.1 Å². The first-order valence-corrected chi connectivity index (χ1v) is 8.65. The predicted molar refractivity (Wildman–Crippen MR) is 82.5 cm³/mol. The number of piperazine rings is 1. The van der Waals surface area contributed by atoms with Gasteiger partial charge in [-0.2, -0.15) is 0 Å². The highest BCUT2D eigenvalue weighted by atomic mass is 32.2. The van der Waals surface area contributed by atoms with Crippen LogP contribution in [0.25, 0.3) is 0 Å². The Kier molecular flexibility index (Phi) is 5.01. The minimum Gasteiger partial charge on any atom is -0.369 e. The Hall–Kier alpha value is -1.11. The van der Waals surface area contributed by atoms with Crippen LogP contribution in [0.5, 0.6) is 0 Å². The smallest absolute Gasteiger partial charge is 0.211 e. The fourth-order valence-corrected chi connectivity index (χ4v) is 2.78. The van der Waals surface area contributed by atoms with Gasteiger partial charge in [0.25, 0.3) is 0 Å². The first-order chi connectivity index (χ1) is 9.50. The quantitative estimate of drug-likeness (QED) is 0.876. The lowest BCUT2D eigenvalue weighted by molar-refractivity contribution is 0.313. The van der Waals surface area contributed by atoms with Gasteiger partial charge in [0.1, 0.15) is 0 Å². The summed E-state index contributed by atoms with van der Waals surface area (Å²) in [7, 11) is -0.981. The zero-order valence-electron chi connectivity index (χ0n) is 12.2. The van der Waals surface area contributed by atoms with Gasteiger partial charge in [-0.3, -0.25) is 0 Å². The first kappa shape index (κ1) is 15.3. The van der Waals surface area contributed by atoms with Crippen LogP contribution in [0.4, 0.5) is 5.69 Å². The molecular weight excluding hydrogens is 274 g/mol. The van der Waals surface area contributed by atoms with Gasteiger partial charge in [0.05, 0.1) is 5.75 Å². The molecule has 2 rings (SSSR count). The molecule has 1 aliphatic rings. The van der Waals surface area contributed by atoms with Crippen LogP contribution in [0.15, 0.2) is 24.3 Å². The van der Waals surface area contributed by atoms with Crippen LogP contribution in [-0.4, -0.2) is 52.3 Å². The van der Waals surface area contributed by atoms with Gasteiger partial charge in [-0.05, 0) is 31.7 Å². The molecule has 1 heterocycles. The average molecular weight is 297 g/mol. The topological polar surface area (TPSA) is 52.7 Å². The van der Waals surface area contributed by atoms with E-state index in [1.165, 1.54) is 5.69 Å². The third-order valence-corrected chi connectivity index (χ3v) is 5.03. The van der Waals surface area contributed by atoms with Gasteiger partial charge in [-0.25, -0.2) is 13.1 Å². The molecule has 1 saturated heterocycles. The molecule has 6 heteroatoms. The molecule has 0 radical (unpaired) electrons. The number of hydrogen-bond donors (Lipinski definition) is 1. The van der Waals surface area contributed by atoms with Crippen LogP contribution in [0.1, 0.15) is 12.5 Å². The molecule has 0 aliphatic carbocycles. The Balaban J connectivity index is 1.93. The lowest BCUT2D eigenvalue weighted by atomic mass is 10.2. The molecule has 1 aliphatic heterocycles. The van der Waals surface area contributed by atoms with Gasteiger partial charge >= 0.3 is 0 Å². The second-order valence-corrected chi connectivity index (χ2v) is 7.28. The molecule has 0 atom stereocenters. The molecule has 112 valence electrons. The fourth-order valence-electron chi connectivity index (χ4n) is 2.18. The van der Waals surface area contributed by atoms with Gasteiger partial charge in [0.15, 0.2) is 0 Å². The van der Waals surface area contributed by atoms with E-state index in [1.54, 1.807) is 6.92 Å². The molecule has 0 spiro atoms. The van der Waals surface area contributed by atoms with Crippen molar-refractivity contribution in [1.29, 1.82) is 0 Å². The third kappa shape index (κ3) is 4.19. The van der Waals surface area contributed by atoms with Crippen molar-refractivity contribution < 1.29 is 8.42 Å². The van der Waals surface area contributed by atoms with Crippen molar-refractivity contribution in [3.05, 3.63) is 29.8 Å². The zero-order valence-corrected chi connectivity index (χ0v) is 13.0. The number of rotatable bonds is 5. The van der Waals surface area contributed by atoms with Crippen LogP contribution in [0, 0.1) is 0 Å². The van der Waals surface area contributed by atoms with Crippen LogP contribution in [0.2, 0.25) is 0 Å². The molecule has 0 unspecified atom stereocenters. The third-order valence-electron chi connectivity index (χ3n) is 3.68. The fraction of sp³-hybridized carbons (Fsp3) is 0.571. The number of likely N-dealkylation sites (N-methyl/N-ethyl adjacent to an activating group) is 1. The number of nitrogens with zero attached hydrogens (tertiary/aromatic N) is 2. The summed E-state index contributed by atoms with van der Waals surface area (Å²) < 4.78 is 25.4. The highest BCUT2D eigenvalue weighted by molar-refractivity contribution is 7.89. The summed E-state index contributed by atoms with van der Waals surface area (Å²) in [4.78, 5) is 4.68. The number of anilines is 1. The van der Waals surface area contributed by atoms with Gasteiger partial charge < -0.3 is 9.80 Å². The molecule has 0 amide bonds. The van der Waals surface area contributed by atoms with Gasteiger partial charge in [0, 0.05) is 38.4 Å². The standard InChI is InChI=1S/C14H23N3O2S/c1-3-20(18,19)15-12-13-4-6-14(7-5-13)17-10-8-16(2)9-11-17/h4-7,15H,3,8-12H2,1-2H3. The van der Waals surface area contributed by atoms with Crippen LogP contribution < -0.4 is 9.62 Å². The Morgan fingerprint density at radius 3 is 2.25 bits per heavy atom. The van der Waals surface area contributed by atoms with Crippen LogP contribution in [0.3, 0.4) is 0 Å². The molecule has 0 aromatic heterocycles. The Bertz CT molecular complexity index is 520. The summed E-state index contributed by atoms with van der Waals surface area (Å²) >= 11 is 0. The number of nitrogens with one attached hydrogen (secondary N) is 1. The Morgan fingerprint density at radius 1 is 1.10 bits per heavy atom. The molecule has 0 bridgehead atoms. The second-order valence-electron chi connectivity index (χ2n) is 5.18. The van der Waals surface area contributed by atoms with Crippen molar-refractivity contribution in [2.75, 3.05) is 43.9 Å². The average Bonchev–Trinajstić information content (AvgIpc) is 2.47. The lowest BCUT2D eigenvalue weighted by Gasteiger charge is -2.34. The molecule has 20 heavy (non-hydrogen) atoms. The summed E-state index contributed by atoms with van der Waals surface area (Å²) in [5, 5.41) is 0. The number of sulfonamides is 1. The molecule has 1 fully saturated rings.